The Balaban J connectivity index is 1.43. The zero-order valence-corrected chi connectivity index (χ0v) is 21.7. The van der Waals surface area contributed by atoms with E-state index in [0.29, 0.717) is 29.8 Å². The van der Waals surface area contributed by atoms with E-state index in [4.69, 9.17) is 0 Å². The van der Waals surface area contributed by atoms with Gasteiger partial charge in [-0.3, -0.25) is 4.79 Å². The van der Waals surface area contributed by atoms with E-state index in [-0.39, 0.29) is 24.8 Å². The minimum absolute atomic E-state index is 0.183. The van der Waals surface area contributed by atoms with Crippen molar-refractivity contribution in [3.8, 4) is 0 Å². The minimum Gasteiger partial charge on any atom is -0.362 e. The zero-order valence-electron chi connectivity index (χ0n) is 20.8. The molecule has 38 heavy (non-hydrogen) atoms. The van der Waals surface area contributed by atoms with Gasteiger partial charge in [-0.1, -0.05) is 31.2 Å². The summed E-state index contributed by atoms with van der Waals surface area (Å²) in [6, 6.07) is 18.4. The Morgan fingerprint density at radius 1 is 0.974 bits per heavy atom. The van der Waals surface area contributed by atoms with E-state index < -0.39 is 24.2 Å². The van der Waals surface area contributed by atoms with Gasteiger partial charge in [-0.05, 0) is 78.3 Å². The van der Waals surface area contributed by atoms with E-state index in [2.05, 4.69) is 12.2 Å². The van der Waals surface area contributed by atoms with Gasteiger partial charge in [0, 0.05) is 35.2 Å². The van der Waals surface area contributed by atoms with Crippen LogP contribution in [0.2, 0.25) is 0 Å². The number of benzene rings is 3. The Morgan fingerprint density at radius 3 is 2.21 bits per heavy atom. The number of alkyl halides is 5. The number of halogens is 5. The molecule has 0 spiro atoms. The van der Waals surface area contributed by atoms with Gasteiger partial charge in [0.05, 0.1) is 11.6 Å². The van der Waals surface area contributed by atoms with Gasteiger partial charge in [-0.25, -0.2) is 8.78 Å². The molecule has 0 aliphatic carbocycles. The standard InChI is InChI=1S/C29H29F5N2OS/c1-2-38-25-14-3-19(4-15-25)17-35-28(37)21-7-12-24(13-8-21)36-18-22(9-16-26(36)27(30)31)20-5-10-23(11-6-20)29(32,33)34/h3-8,10-15,22,26-27H,2,9,16-18H2,1H3,(H,35,37)/t22?,26-/m0/s1. The Bertz CT molecular complexity index is 1200. The second-order valence-electron chi connectivity index (χ2n) is 9.25. The lowest BCUT2D eigenvalue weighted by molar-refractivity contribution is -0.137. The summed E-state index contributed by atoms with van der Waals surface area (Å²) in [6.45, 7) is 2.70. The molecule has 3 aromatic rings. The molecule has 2 atom stereocenters. The lowest BCUT2D eigenvalue weighted by Gasteiger charge is -2.41. The molecule has 202 valence electrons. The number of amides is 1. The van der Waals surface area contributed by atoms with Crippen molar-refractivity contribution in [2.75, 3.05) is 17.2 Å². The van der Waals surface area contributed by atoms with Crippen molar-refractivity contribution in [3.05, 3.63) is 95.1 Å². The van der Waals surface area contributed by atoms with Crippen LogP contribution >= 0.6 is 11.8 Å². The summed E-state index contributed by atoms with van der Waals surface area (Å²) < 4.78 is 66.5. The van der Waals surface area contributed by atoms with Crippen LogP contribution < -0.4 is 10.2 Å². The van der Waals surface area contributed by atoms with E-state index in [9.17, 15) is 26.7 Å². The molecule has 0 radical (unpaired) electrons. The van der Waals surface area contributed by atoms with Crippen molar-refractivity contribution in [2.45, 2.75) is 55.8 Å². The highest BCUT2D eigenvalue weighted by molar-refractivity contribution is 7.99. The van der Waals surface area contributed by atoms with E-state index in [0.717, 1.165) is 23.4 Å². The molecule has 3 aromatic carbocycles. The summed E-state index contributed by atoms with van der Waals surface area (Å²) >= 11 is 1.74. The number of thioether (sulfide) groups is 1. The van der Waals surface area contributed by atoms with Gasteiger partial charge in [-0.2, -0.15) is 13.2 Å². The highest BCUT2D eigenvalue weighted by Gasteiger charge is 2.35. The molecule has 1 unspecified atom stereocenters. The summed E-state index contributed by atoms with van der Waals surface area (Å²) in [5.74, 6) is 0.532. The van der Waals surface area contributed by atoms with Crippen LogP contribution in [-0.2, 0) is 12.7 Å². The third-order valence-electron chi connectivity index (χ3n) is 6.78. The van der Waals surface area contributed by atoms with Gasteiger partial charge in [0.25, 0.3) is 12.3 Å². The summed E-state index contributed by atoms with van der Waals surface area (Å²) in [4.78, 5) is 15.4. The maximum atomic E-state index is 13.9. The predicted molar refractivity (Wildman–Crippen MR) is 141 cm³/mol. The Labute approximate surface area is 223 Å². The predicted octanol–water partition coefficient (Wildman–Crippen LogP) is 7.77. The van der Waals surface area contributed by atoms with Crippen LogP contribution in [-0.4, -0.2) is 30.7 Å². The quantitative estimate of drug-likeness (QED) is 0.231. The van der Waals surface area contributed by atoms with Gasteiger partial charge in [0.1, 0.15) is 0 Å². The summed E-state index contributed by atoms with van der Waals surface area (Å²) in [5.41, 5.74) is 1.89. The third kappa shape index (κ3) is 6.87. The molecular weight excluding hydrogens is 519 g/mol. The van der Waals surface area contributed by atoms with Gasteiger partial charge in [0.2, 0.25) is 0 Å². The fourth-order valence-electron chi connectivity index (χ4n) is 4.73. The Kier molecular flexibility index (Phi) is 8.97. The van der Waals surface area contributed by atoms with Gasteiger partial charge >= 0.3 is 6.18 Å². The number of carbonyl (C=O) groups is 1. The van der Waals surface area contributed by atoms with E-state index in [1.165, 1.54) is 17.0 Å². The summed E-state index contributed by atoms with van der Waals surface area (Å²) in [5, 5.41) is 2.88. The molecule has 1 aliphatic heterocycles. The molecule has 0 saturated carbocycles. The molecule has 1 saturated heterocycles. The maximum Gasteiger partial charge on any atom is 0.416 e. The molecule has 1 amide bonds. The van der Waals surface area contributed by atoms with Crippen molar-refractivity contribution in [1.29, 1.82) is 0 Å². The Morgan fingerprint density at radius 2 is 1.63 bits per heavy atom. The minimum atomic E-state index is -4.43. The fourth-order valence-corrected chi connectivity index (χ4v) is 5.39. The molecule has 1 fully saturated rings. The van der Waals surface area contributed by atoms with Crippen LogP contribution in [0.5, 0.6) is 0 Å². The molecule has 0 bridgehead atoms. The first-order valence-electron chi connectivity index (χ1n) is 12.5. The van der Waals surface area contributed by atoms with Gasteiger partial charge < -0.3 is 10.2 Å². The van der Waals surface area contributed by atoms with Crippen LogP contribution in [0.4, 0.5) is 27.6 Å². The molecule has 4 rings (SSSR count). The fraction of sp³-hybridized carbons (Fsp3) is 0.345. The van der Waals surface area contributed by atoms with Gasteiger partial charge in [-0.15, -0.1) is 11.8 Å². The van der Waals surface area contributed by atoms with E-state index in [1.807, 2.05) is 24.3 Å². The van der Waals surface area contributed by atoms with Crippen LogP contribution in [0.25, 0.3) is 0 Å². The number of piperidine rings is 1. The molecule has 1 N–H and O–H groups in total. The summed E-state index contributed by atoms with van der Waals surface area (Å²) in [7, 11) is 0. The number of rotatable bonds is 8. The van der Waals surface area contributed by atoms with Crippen molar-refractivity contribution >= 4 is 23.4 Å². The lowest BCUT2D eigenvalue weighted by Crippen LogP contribution is -2.46. The van der Waals surface area contributed by atoms with Crippen molar-refractivity contribution in [2.24, 2.45) is 0 Å². The van der Waals surface area contributed by atoms with Crippen LogP contribution in [0.1, 0.15) is 52.7 Å². The second-order valence-corrected chi connectivity index (χ2v) is 10.6. The topological polar surface area (TPSA) is 32.3 Å². The average molecular weight is 549 g/mol. The summed E-state index contributed by atoms with van der Waals surface area (Å²) in [6.07, 6.45) is -6.34. The van der Waals surface area contributed by atoms with Gasteiger partial charge in [0.15, 0.2) is 0 Å². The largest absolute Gasteiger partial charge is 0.416 e. The first-order chi connectivity index (χ1) is 18.2. The van der Waals surface area contributed by atoms with Crippen molar-refractivity contribution in [1.82, 2.24) is 5.32 Å². The molecule has 3 nitrogen and oxygen atoms in total. The third-order valence-corrected chi connectivity index (χ3v) is 7.67. The normalized spacial score (nSPS) is 18.0. The lowest BCUT2D eigenvalue weighted by atomic mass is 9.86. The highest BCUT2D eigenvalue weighted by atomic mass is 32.2. The first-order valence-corrected chi connectivity index (χ1v) is 13.5. The number of carbonyl (C=O) groups excluding carboxylic acids is 1. The number of hydrogen-bond donors (Lipinski definition) is 1. The SMILES string of the molecule is CCSc1ccc(CNC(=O)c2ccc(N3CC(c4ccc(C(F)(F)F)cc4)CC[C@H]3C(F)F)cc2)cc1. The van der Waals surface area contributed by atoms with Crippen molar-refractivity contribution < 1.29 is 26.7 Å². The molecular formula is C29H29F5N2OS. The maximum absolute atomic E-state index is 13.9. The number of nitrogens with one attached hydrogen (secondary N) is 1. The zero-order chi connectivity index (χ0) is 27.3. The molecule has 0 aromatic heterocycles. The van der Waals surface area contributed by atoms with Crippen LogP contribution in [0.3, 0.4) is 0 Å². The Hall–Kier alpha value is -3.07. The van der Waals surface area contributed by atoms with Crippen molar-refractivity contribution in [3.63, 3.8) is 0 Å². The second kappa shape index (κ2) is 12.2. The molecule has 1 heterocycles. The van der Waals surface area contributed by atoms with Crippen LogP contribution in [0.15, 0.2) is 77.7 Å². The number of hydrogen-bond acceptors (Lipinski definition) is 3. The van der Waals surface area contributed by atoms with E-state index >= 15 is 0 Å². The monoisotopic (exact) mass is 548 g/mol. The smallest absolute Gasteiger partial charge is 0.362 e. The van der Waals surface area contributed by atoms with Crippen LogP contribution in [0, 0.1) is 0 Å². The molecule has 9 heteroatoms. The van der Waals surface area contributed by atoms with E-state index in [1.54, 1.807) is 40.9 Å². The number of anilines is 1. The number of nitrogens with zero attached hydrogens (tertiary/aromatic N) is 1. The first kappa shape index (κ1) is 28.0. The average Bonchev–Trinajstić information content (AvgIpc) is 2.92. The molecule has 1 aliphatic rings. The highest BCUT2D eigenvalue weighted by Crippen LogP contribution is 2.37.